The molecular formula is C8H19F2N. The first-order chi connectivity index (χ1) is 5.12. The van der Waals surface area contributed by atoms with E-state index in [1.165, 1.54) is 6.92 Å². The molecule has 1 nitrogen and oxygen atoms in total. The minimum atomic E-state index is -2.47. The highest BCUT2D eigenvalue weighted by Gasteiger charge is 2.24. The van der Waals surface area contributed by atoms with Gasteiger partial charge in [0.15, 0.2) is 0 Å². The van der Waals surface area contributed by atoms with E-state index in [4.69, 9.17) is 0 Å². The number of nitrogens with one attached hydrogen (secondary N) is 1. The van der Waals surface area contributed by atoms with E-state index in [0.29, 0.717) is 6.54 Å². The summed E-state index contributed by atoms with van der Waals surface area (Å²) in [5.41, 5.74) is 0. The van der Waals surface area contributed by atoms with Gasteiger partial charge in [-0.15, -0.1) is 0 Å². The van der Waals surface area contributed by atoms with Gasteiger partial charge in [-0.25, -0.2) is 8.78 Å². The SMILES string of the molecule is CC.CCC(F)(F)CCNC. The van der Waals surface area contributed by atoms with E-state index in [1.807, 2.05) is 13.8 Å². The van der Waals surface area contributed by atoms with Crippen molar-refractivity contribution in [2.24, 2.45) is 0 Å². The summed E-state index contributed by atoms with van der Waals surface area (Å²) in [5, 5.41) is 2.68. The molecule has 0 rings (SSSR count). The number of hydrogen-bond acceptors (Lipinski definition) is 1. The van der Waals surface area contributed by atoms with Gasteiger partial charge in [0.05, 0.1) is 0 Å². The monoisotopic (exact) mass is 167 g/mol. The highest BCUT2D eigenvalue weighted by Crippen LogP contribution is 2.20. The molecule has 0 spiro atoms. The lowest BCUT2D eigenvalue weighted by Crippen LogP contribution is -2.21. The van der Waals surface area contributed by atoms with Crippen molar-refractivity contribution in [2.45, 2.75) is 39.5 Å². The summed E-state index contributed by atoms with van der Waals surface area (Å²) in [6, 6.07) is 0. The molecular weight excluding hydrogens is 148 g/mol. The average Bonchev–Trinajstić information content (AvgIpc) is 2.05. The summed E-state index contributed by atoms with van der Waals surface area (Å²) in [4.78, 5) is 0. The zero-order chi connectivity index (χ0) is 9.33. The Labute approximate surface area is 68.2 Å². The van der Waals surface area contributed by atoms with Crippen LogP contribution in [0.15, 0.2) is 0 Å². The first-order valence-electron chi connectivity index (χ1n) is 4.15. The molecule has 70 valence electrons. The van der Waals surface area contributed by atoms with Crippen LogP contribution in [-0.4, -0.2) is 19.5 Å². The van der Waals surface area contributed by atoms with Crippen LogP contribution in [0.25, 0.3) is 0 Å². The van der Waals surface area contributed by atoms with Crippen LogP contribution in [0.5, 0.6) is 0 Å². The van der Waals surface area contributed by atoms with Crippen molar-refractivity contribution >= 4 is 0 Å². The molecule has 0 bridgehead atoms. The second-order valence-corrected chi connectivity index (χ2v) is 2.06. The molecule has 0 aliphatic carbocycles. The van der Waals surface area contributed by atoms with Crippen molar-refractivity contribution in [3.05, 3.63) is 0 Å². The Morgan fingerprint density at radius 2 is 1.73 bits per heavy atom. The Morgan fingerprint density at radius 1 is 1.27 bits per heavy atom. The van der Waals surface area contributed by atoms with Crippen molar-refractivity contribution in [2.75, 3.05) is 13.6 Å². The molecule has 0 unspecified atom stereocenters. The van der Waals surface area contributed by atoms with Crippen molar-refractivity contribution in [3.63, 3.8) is 0 Å². The summed E-state index contributed by atoms with van der Waals surface area (Å²) >= 11 is 0. The maximum Gasteiger partial charge on any atom is 0.249 e. The van der Waals surface area contributed by atoms with Crippen LogP contribution in [-0.2, 0) is 0 Å². The Bertz CT molecular complexity index is 74.5. The van der Waals surface area contributed by atoms with Crippen LogP contribution in [0.2, 0.25) is 0 Å². The normalized spacial score (nSPS) is 10.4. The summed E-state index contributed by atoms with van der Waals surface area (Å²) in [5.74, 6) is -2.47. The molecule has 0 aliphatic rings. The fourth-order valence-corrected chi connectivity index (χ4v) is 0.485. The lowest BCUT2D eigenvalue weighted by molar-refractivity contribution is -0.0103. The second-order valence-electron chi connectivity index (χ2n) is 2.06. The van der Waals surface area contributed by atoms with E-state index in [-0.39, 0.29) is 12.8 Å². The first kappa shape index (κ1) is 13.4. The Kier molecular flexibility index (Phi) is 9.66. The van der Waals surface area contributed by atoms with E-state index in [2.05, 4.69) is 5.32 Å². The highest BCUT2D eigenvalue weighted by molar-refractivity contribution is 4.63. The van der Waals surface area contributed by atoms with Crippen molar-refractivity contribution in [1.82, 2.24) is 5.32 Å². The molecule has 0 saturated heterocycles. The van der Waals surface area contributed by atoms with Gasteiger partial charge in [-0.1, -0.05) is 20.8 Å². The minimum absolute atomic E-state index is 0.0556. The molecule has 3 heteroatoms. The molecule has 0 aromatic heterocycles. The minimum Gasteiger partial charge on any atom is -0.320 e. The van der Waals surface area contributed by atoms with Crippen LogP contribution in [0.3, 0.4) is 0 Å². The van der Waals surface area contributed by atoms with Gasteiger partial charge in [-0.3, -0.25) is 0 Å². The third-order valence-corrected chi connectivity index (χ3v) is 1.26. The molecule has 0 aliphatic heterocycles. The van der Waals surface area contributed by atoms with Gasteiger partial charge in [0.2, 0.25) is 5.92 Å². The maximum atomic E-state index is 12.3. The number of hydrogen-bond donors (Lipinski definition) is 1. The zero-order valence-electron chi connectivity index (χ0n) is 7.88. The van der Waals surface area contributed by atoms with Gasteiger partial charge in [0, 0.05) is 19.4 Å². The molecule has 0 aromatic carbocycles. The van der Waals surface area contributed by atoms with Crippen LogP contribution in [0.1, 0.15) is 33.6 Å². The lowest BCUT2D eigenvalue weighted by atomic mass is 10.2. The number of alkyl halides is 2. The quantitative estimate of drug-likeness (QED) is 0.678. The largest absolute Gasteiger partial charge is 0.320 e. The Morgan fingerprint density at radius 3 is 2.00 bits per heavy atom. The Hall–Kier alpha value is -0.180. The third kappa shape index (κ3) is 9.82. The van der Waals surface area contributed by atoms with Crippen LogP contribution < -0.4 is 5.32 Å². The van der Waals surface area contributed by atoms with Gasteiger partial charge >= 0.3 is 0 Å². The molecule has 1 N–H and O–H groups in total. The number of rotatable bonds is 4. The summed E-state index contributed by atoms with van der Waals surface area (Å²) in [7, 11) is 1.67. The van der Waals surface area contributed by atoms with Gasteiger partial charge in [0.25, 0.3) is 0 Å². The summed E-state index contributed by atoms with van der Waals surface area (Å²) in [6.07, 6.45) is -0.116. The fraction of sp³-hybridized carbons (Fsp3) is 1.00. The van der Waals surface area contributed by atoms with E-state index >= 15 is 0 Å². The molecule has 0 aromatic rings. The van der Waals surface area contributed by atoms with Gasteiger partial charge < -0.3 is 5.32 Å². The van der Waals surface area contributed by atoms with E-state index in [1.54, 1.807) is 7.05 Å². The van der Waals surface area contributed by atoms with Crippen LogP contribution >= 0.6 is 0 Å². The second kappa shape index (κ2) is 7.92. The van der Waals surface area contributed by atoms with Crippen molar-refractivity contribution < 1.29 is 8.78 Å². The van der Waals surface area contributed by atoms with E-state index in [9.17, 15) is 8.78 Å². The molecule has 0 radical (unpaired) electrons. The fourth-order valence-electron chi connectivity index (χ4n) is 0.485. The van der Waals surface area contributed by atoms with Crippen molar-refractivity contribution in [3.8, 4) is 0 Å². The Balaban J connectivity index is 0. The topological polar surface area (TPSA) is 12.0 Å². The first-order valence-corrected chi connectivity index (χ1v) is 4.15. The maximum absolute atomic E-state index is 12.3. The standard InChI is InChI=1S/C6H13F2N.C2H6/c1-3-6(7,8)4-5-9-2;1-2/h9H,3-5H2,1-2H3;1-2H3. The average molecular weight is 167 g/mol. The van der Waals surface area contributed by atoms with Gasteiger partial charge in [0.1, 0.15) is 0 Å². The van der Waals surface area contributed by atoms with Crippen LogP contribution in [0.4, 0.5) is 8.78 Å². The predicted octanol–water partition coefficient (Wildman–Crippen LogP) is 2.67. The molecule has 0 fully saturated rings. The van der Waals surface area contributed by atoms with Gasteiger partial charge in [-0.2, -0.15) is 0 Å². The zero-order valence-corrected chi connectivity index (χ0v) is 7.88. The smallest absolute Gasteiger partial charge is 0.249 e. The van der Waals surface area contributed by atoms with Crippen molar-refractivity contribution in [1.29, 1.82) is 0 Å². The van der Waals surface area contributed by atoms with Gasteiger partial charge in [-0.05, 0) is 7.05 Å². The summed E-state index contributed by atoms with van der Waals surface area (Å²) in [6.45, 7) is 5.89. The van der Waals surface area contributed by atoms with Crippen LogP contribution in [0, 0.1) is 0 Å². The molecule has 11 heavy (non-hydrogen) atoms. The van der Waals surface area contributed by atoms with E-state index in [0.717, 1.165) is 0 Å². The molecule has 0 atom stereocenters. The number of halogens is 2. The lowest BCUT2D eigenvalue weighted by Gasteiger charge is -2.12. The molecule has 0 saturated carbocycles. The summed E-state index contributed by atoms with van der Waals surface area (Å²) < 4.78 is 24.6. The molecule has 0 heterocycles. The third-order valence-electron chi connectivity index (χ3n) is 1.26. The van der Waals surface area contributed by atoms with E-state index < -0.39 is 5.92 Å². The predicted molar refractivity (Wildman–Crippen MR) is 45.1 cm³/mol. The highest BCUT2D eigenvalue weighted by atomic mass is 19.3. The molecule has 0 amide bonds.